The first-order chi connectivity index (χ1) is 8.90. The van der Waals surface area contributed by atoms with Crippen molar-refractivity contribution in [3.8, 4) is 0 Å². The average Bonchev–Trinajstić information content (AvgIpc) is 2.34. The fraction of sp³-hybridized carbons (Fsp3) is 0.333. The summed E-state index contributed by atoms with van der Waals surface area (Å²) in [6, 6.07) is 5.98. The van der Waals surface area contributed by atoms with Crippen LogP contribution in [-0.2, 0) is 9.59 Å². The zero-order valence-corrected chi connectivity index (χ0v) is 11.4. The van der Waals surface area contributed by atoms with Gasteiger partial charge in [0.25, 0.3) is 0 Å². The highest BCUT2D eigenvalue weighted by Gasteiger charge is 2.10. The topological polar surface area (TPSA) is 66.4 Å². The molecule has 1 aromatic carbocycles. The Morgan fingerprint density at radius 1 is 1.37 bits per heavy atom. The van der Waals surface area contributed by atoms with E-state index in [-0.39, 0.29) is 12.5 Å². The second-order valence-corrected chi connectivity index (χ2v) is 4.68. The lowest BCUT2D eigenvalue weighted by molar-refractivity contribution is -0.141. The van der Waals surface area contributed by atoms with Crippen LogP contribution in [0, 0.1) is 19.8 Å². The molecular formula is C15H19NO3. The zero-order chi connectivity index (χ0) is 14.4. The summed E-state index contributed by atoms with van der Waals surface area (Å²) >= 11 is 0. The van der Waals surface area contributed by atoms with Gasteiger partial charge < -0.3 is 10.4 Å². The van der Waals surface area contributed by atoms with E-state index >= 15 is 0 Å². The lowest BCUT2D eigenvalue weighted by atomic mass is 10.1. The molecule has 1 amide bonds. The third-order valence-electron chi connectivity index (χ3n) is 2.84. The van der Waals surface area contributed by atoms with E-state index in [1.807, 2.05) is 32.0 Å². The van der Waals surface area contributed by atoms with Crippen LogP contribution in [0.1, 0.15) is 23.6 Å². The summed E-state index contributed by atoms with van der Waals surface area (Å²) in [4.78, 5) is 22.1. The third kappa shape index (κ3) is 4.95. The first kappa shape index (κ1) is 15.0. The summed E-state index contributed by atoms with van der Waals surface area (Å²) in [5.74, 6) is -1.79. The molecular weight excluding hydrogens is 242 g/mol. The van der Waals surface area contributed by atoms with Gasteiger partial charge in [-0.2, -0.15) is 0 Å². The van der Waals surface area contributed by atoms with E-state index in [4.69, 9.17) is 5.11 Å². The number of nitrogens with one attached hydrogen (secondary N) is 1. The molecule has 4 heteroatoms. The summed E-state index contributed by atoms with van der Waals surface area (Å²) < 4.78 is 0. The lowest BCUT2D eigenvalue weighted by Crippen LogP contribution is -2.30. The molecule has 0 aliphatic heterocycles. The van der Waals surface area contributed by atoms with Crippen LogP contribution in [-0.4, -0.2) is 23.5 Å². The van der Waals surface area contributed by atoms with E-state index in [1.54, 1.807) is 13.0 Å². The van der Waals surface area contributed by atoms with Crippen LogP contribution in [0.4, 0.5) is 0 Å². The Kier molecular flexibility index (Phi) is 5.30. The molecule has 4 nitrogen and oxygen atoms in total. The molecule has 0 aliphatic carbocycles. The minimum absolute atomic E-state index is 0.130. The maximum absolute atomic E-state index is 11.5. The summed E-state index contributed by atoms with van der Waals surface area (Å²) in [5.41, 5.74) is 3.25. The maximum atomic E-state index is 11.5. The second kappa shape index (κ2) is 6.73. The largest absolute Gasteiger partial charge is 0.481 e. The molecule has 0 fully saturated rings. The highest BCUT2D eigenvalue weighted by Crippen LogP contribution is 2.11. The number of hydrogen-bond acceptors (Lipinski definition) is 2. The smallest absolute Gasteiger partial charge is 0.308 e. The van der Waals surface area contributed by atoms with Gasteiger partial charge in [-0.25, -0.2) is 0 Å². The van der Waals surface area contributed by atoms with Crippen LogP contribution < -0.4 is 5.32 Å². The van der Waals surface area contributed by atoms with E-state index in [0.717, 1.165) is 11.1 Å². The Labute approximate surface area is 113 Å². The summed E-state index contributed by atoms with van der Waals surface area (Å²) in [6.07, 6.45) is 3.15. The Balaban J connectivity index is 2.56. The number of carbonyl (C=O) groups excluding carboxylic acids is 1. The highest BCUT2D eigenvalue weighted by molar-refractivity contribution is 5.92. The summed E-state index contributed by atoms with van der Waals surface area (Å²) in [6.45, 7) is 5.68. The molecule has 0 aromatic heterocycles. The van der Waals surface area contributed by atoms with E-state index in [2.05, 4.69) is 5.32 Å². The quantitative estimate of drug-likeness (QED) is 0.798. The molecule has 0 bridgehead atoms. The van der Waals surface area contributed by atoms with Crippen LogP contribution in [0.5, 0.6) is 0 Å². The maximum Gasteiger partial charge on any atom is 0.308 e. The standard InChI is InChI=1S/C15H19NO3/c1-10-4-5-13(11(2)8-10)6-7-14(17)16-9-12(3)15(18)19/h4-8,12H,9H2,1-3H3,(H,16,17)(H,18,19). The number of aliphatic carboxylic acids is 1. The van der Waals surface area contributed by atoms with Crippen LogP contribution in [0.25, 0.3) is 6.08 Å². The number of benzene rings is 1. The van der Waals surface area contributed by atoms with Crippen molar-refractivity contribution in [2.45, 2.75) is 20.8 Å². The number of hydrogen-bond donors (Lipinski definition) is 2. The van der Waals surface area contributed by atoms with E-state index in [1.165, 1.54) is 11.6 Å². The lowest BCUT2D eigenvalue weighted by Gasteiger charge is -2.06. The monoisotopic (exact) mass is 261 g/mol. The van der Waals surface area contributed by atoms with Crippen molar-refractivity contribution in [3.63, 3.8) is 0 Å². The van der Waals surface area contributed by atoms with Crippen molar-refractivity contribution in [2.75, 3.05) is 6.54 Å². The number of rotatable bonds is 5. The van der Waals surface area contributed by atoms with Crippen molar-refractivity contribution >= 4 is 18.0 Å². The first-order valence-electron chi connectivity index (χ1n) is 6.16. The van der Waals surface area contributed by atoms with Gasteiger partial charge in [0.1, 0.15) is 0 Å². The van der Waals surface area contributed by atoms with Crippen LogP contribution >= 0.6 is 0 Å². The molecule has 0 radical (unpaired) electrons. The highest BCUT2D eigenvalue weighted by atomic mass is 16.4. The first-order valence-corrected chi connectivity index (χ1v) is 6.16. The second-order valence-electron chi connectivity index (χ2n) is 4.68. The molecule has 0 saturated heterocycles. The molecule has 1 atom stereocenters. The van der Waals surface area contributed by atoms with Gasteiger partial charge in [-0.1, -0.05) is 30.7 Å². The minimum atomic E-state index is -0.918. The van der Waals surface area contributed by atoms with Crippen LogP contribution in [0.2, 0.25) is 0 Å². The van der Waals surface area contributed by atoms with Gasteiger partial charge in [0.2, 0.25) is 5.91 Å². The van der Waals surface area contributed by atoms with Gasteiger partial charge in [0, 0.05) is 12.6 Å². The molecule has 0 heterocycles. The molecule has 1 rings (SSSR count). The SMILES string of the molecule is Cc1ccc(C=CC(=O)NCC(C)C(=O)O)c(C)c1. The van der Waals surface area contributed by atoms with E-state index < -0.39 is 11.9 Å². The Morgan fingerprint density at radius 3 is 2.63 bits per heavy atom. The Bertz CT molecular complexity index is 506. The van der Waals surface area contributed by atoms with E-state index in [9.17, 15) is 9.59 Å². The number of carbonyl (C=O) groups is 2. The molecule has 0 aliphatic rings. The van der Waals surface area contributed by atoms with Crippen LogP contribution in [0.3, 0.4) is 0 Å². The van der Waals surface area contributed by atoms with Gasteiger partial charge in [0.05, 0.1) is 5.92 Å². The zero-order valence-electron chi connectivity index (χ0n) is 11.4. The predicted molar refractivity (Wildman–Crippen MR) is 74.8 cm³/mol. The fourth-order valence-electron chi connectivity index (χ4n) is 1.58. The Hall–Kier alpha value is -2.10. The third-order valence-corrected chi connectivity index (χ3v) is 2.84. The van der Waals surface area contributed by atoms with Crippen molar-refractivity contribution < 1.29 is 14.7 Å². The number of aryl methyl sites for hydroxylation is 2. The number of carboxylic acid groups (broad SMARTS) is 1. The number of amides is 1. The Morgan fingerprint density at radius 2 is 2.05 bits per heavy atom. The van der Waals surface area contributed by atoms with Gasteiger partial charge in [-0.05, 0) is 31.1 Å². The van der Waals surface area contributed by atoms with Crippen molar-refractivity contribution in [1.29, 1.82) is 0 Å². The van der Waals surface area contributed by atoms with Gasteiger partial charge in [-0.3, -0.25) is 9.59 Å². The molecule has 1 unspecified atom stereocenters. The van der Waals surface area contributed by atoms with Gasteiger partial charge >= 0.3 is 5.97 Å². The fourth-order valence-corrected chi connectivity index (χ4v) is 1.58. The number of carboxylic acids is 1. The van der Waals surface area contributed by atoms with Gasteiger partial charge in [-0.15, -0.1) is 0 Å². The van der Waals surface area contributed by atoms with E-state index in [0.29, 0.717) is 0 Å². The molecule has 1 aromatic rings. The molecule has 102 valence electrons. The predicted octanol–water partition coefficient (Wildman–Crippen LogP) is 2.15. The molecule has 0 spiro atoms. The summed E-state index contributed by atoms with van der Waals surface area (Å²) in [5, 5.41) is 11.3. The molecule has 2 N–H and O–H groups in total. The normalized spacial score (nSPS) is 12.4. The average molecular weight is 261 g/mol. The summed E-state index contributed by atoms with van der Waals surface area (Å²) in [7, 11) is 0. The van der Waals surface area contributed by atoms with Crippen molar-refractivity contribution in [2.24, 2.45) is 5.92 Å². The molecule has 0 saturated carbocycles. The van der Waals surface area contributed by atoms with Gasteiger partial charge in [0.15, 0.2) is 0 Å². The molecule has 19 heavy (non-hydrogen) atoms. The van der Waals surface area contributed by atoms with Crippen molar-refractivity contribution in [3.05, 3.63) is 41.0 Å². The minimum Gasteiger partial charge on any atom is -0.481 e. The van der Waals surface area contributed by atoms with Crippen LogP contribution in [0.15, 0.2) is 24.3 Å². The van der Waals surface area contributed by atoms with Crippen molar-refractivity contribution in [1.82, 2.24) is 5.32 Å².